The van der Waals surface area contributed by atoms with Gasteiger partial charge in [0.15, 0.2) is 17.6 Å². The fourth-order valence-electron chi connectivity index (χ4n) is 2.25. The molecule has 1 aliphatic heterocycles. The van der Waals surface area contributed by atoms with Crippen LogP contribution in [0.1, 0.15) is 22.8 Å². The zero-order chi connectivity index (χ0) is 17.8. The molecule has 0 spiro atoms. The molecule has 2 aromatic carbocycles. The Morgan fingerprint density at radius 2 is 1.88 bits per heavy atom. The van der Waals surface area contributed by atoms with E-state index < -0.39 is 12.1 Å². The quantitative estimate of drug-likeness (QED) is 0.829. The second-order valence-electron chi connectivity index (χ2n) is 5.46. The van der Waals surface area contributed by atoms with Crippen LogP contribution in [0.25, 0.3) is 0 Å². The number of esters is 1. The largest absolute Gasteiger partial charge is 0.454 e. The number of rotatable bonds is 5. The highest BCUT2D eigenvalue weighted by Crippen LogP contribution is 2.32. The van der Waals surface area contributed by atoms with E-state index in [4.69, 9.17) is 25.8 Å². The number of hydrogen-bond acceptors (Lipinski definition) is 5. The van der Waals surface area contributed by atoms with E-state index in [2.05, 4.69) is 5.32 Å². The maximum atomic E-state index is 12.1. The third kappa shape index (κ3) is 4.22. The Balaban J connectivity index is 1.52. The molecule has 3 rings (SSSR count). The van der Waals surface area contributed by atoms with Crippen LogP contribution in [0.3, 0.4) is 0 Å². The first-order chi connectivity index (χ1) is 12.0. The molecular formula is C18H16ClNO5. The van der Waals surface area contributed by atoms with Crippen LogP contribution < -0.4 is 14.8 Å². The van der Waals surface area contributed by atoms with Crippen molar-refractivity contribution in [1.82, 2.24) is 5.32 Å². The zero-order valence-corrected chi connectivity index (χ0v) is 14.2. The minimum atomic E-state index is -0.919. The number of amides is 1. The number of hydrogen-bond donors (Lipinski definition) is 1. The average molecular weight is 362 g/mol. The lowest BCUT2D eigenvalue weighted by Gasteiger charge is -2.13. The highest BCUT2D eigenvalue weighted by atomic mass is 35.5. The van der Waals surface area contributed by atoms with E-state index in [1.165, 1.54) is 6.92 Å². The van der Waals surface area contributed by atoms with Crippen molar-refractivity contribution in [3.8, 4) is 11.5 Å². The number of carbonyl (C=O) groups is 2. The van der Waals surface area contributed by atoms with E-state index in [0.29, 0.717) is 22.1 Å². The summed E-state index contributed by atoms with van der Waals surface area (Å²) in [7, 11) is 0. The van der Waals surface area contributed by atoms with Gasteiger partial charge in [-0.25, -0.2) is 4.79 Å². The van der Waals surface area contributed by atoms with Crippen LogP contribution in [0.4, 0.5) is 0 Å². The van der Waals surface area contributed by atoms with E-state index in [-0.39, 0.29) is 19.2 Å². The molecule has 0 fully saturated rings. The summed E-state index contributed by atoms with van der Waals surface area (Å²) in [5, 5.41) is 3.24. The third-order valence-corrected chi connectivity index (χ3v) is 3.89. The van der Waals surface area contributed by atoms with Gasteiger partial charge in [0.2, 0.25) is 6.79 Å². The van der Waals surface area contributed by atoms with Gasteiger partial charge in [0.1, 0.15) is 0 Å². The summed E-state index contributed by atoms with van der Waals surface area (Å²) in [5.74, 6) is 0.358. The highest BCUT2D eigenvalue weighted by molar-refractivity contribution is 6.30. The molecule has 0 aliphatic carbocycles. The average Bonchev–Trinajstić information content (AvgIpc) is 3.07. The van der Waals surface area contributed by atoms with Crippen LogP contribution in [-0.2, 0) is 16.1 Å². The van der Waals surface area contributed by atoms with Crippen LogP contribution in [0, 0.1) is 0 Å². The first kappa shape index (κ1) is 17.1. The first-order valence-electron chi connectivity index (χ1n) is 7.66. The van der Waals surface area contributed by atoms with E-state index in [9.17, 15) is 9.59 Å². The Hall–Kier alpha value is -2.73. The molecule has 7 heteroatoms. The number of ether oxygens (including phenoxy) is 3. The van der Waals surface area contributed by atoms with Gasteiger partial charge in [-0.3, -0.25) is 4.79 Å². The molecule has 0 saturated carbocycles. The van der Waals surface area contributed by atoms with Gasteiger partial charge in [-0.15, -0.1) is 0 Å². The number of nitrogens with one attached hydrogen (secondary N) is 1. The Kier molecular flexibility index (Phi) is 5.09. The summed E-state index contributed by atoms with van der Waals surface area (Å²) in [4.78, 5) is 24.1. The normalized spacial score (nSPS) is 13.2. The molecule has 1 N–H and O–H groups in total. The van der Waals surface area contributed by atoms with Gasteiger partial charge >= 0.3 is 5.97 Å². The summed E-state index contributed by atoms with van der Waals surface area (Å²) >= 11 is 5.77. The van der Waals surface area contributed by atoms with Gasteiger partial charge in [0.25, 0.3) is 5.91 Å². The zero-order valence-electron chi connectivity index (χ0n) is 13.5. The summed E-state index contributed by atoms with van der Waals surface area (Å²) in [5.41, 5.74) is 1.19. The van der Waals surface area contributed by atoms with Crippen LogP contribution >= 0.6 is 11.6 Å². The van der Waals surface area contributed by atoms with E-state index >= 15 is 0 Å². The molecule has 0 bridgehead atoms. The summed E-state index contributed by atoms with van der Waals surface area (Å²) in [6.07, 6.45) is -0.919. The predicted molar refractivity (Wildman–Crippen MR) is 90.7 cm³/mol. The molecule has 2 aromatic rings. The second kappa shape index (κ2) is 7.44. The number of fused-ring (bicyclic) bond motifs is 1. The topological polar surface area (TPSA) is 73.9 Å². The molecule has 1 amide bonds. The Labute approximate surface area is 149 Å². The van der Waals surface area contributed by atoms with E-state index in [1.807, 2.05) is 6.07 Å². The monoisotopic (exact) mass is 361 g/mol. The molecule has 1 atom stereocenters. The fraction of sp³-hybridized carbons (Fsp3) is 0.222. The minimum Gasteiger partial charge on any atom is -0.454 e. The van der Waals surface area contributed by atoms with Crippen LogP contribution in [0.5, 0.6) is 11.5 Å². The molecule has 1 heterocycles. The van der Waals surface area contributed by atoms with Gasteiger partial charge < -0.3 is 19.5 Å². The van der Waals surface area contributed by atoms with Crippen LogP contribution in [-0.4, -0.2) is 24.8 Å². The van der Waals surface area contributed by atoms with Crippen molar-refractivity contribution in [2.75, 3.05) is 6.79 Å². The Bertz CT molecular complexity index is 791. The first-order valence-corrected chi connectivity index (χ1v) is 8.03. The molecule has 0 aromatic heterocycles. The lowest BCUT2D eigenvalue weighted by Crippen LogP contribution is -2.35. The van der Waals surface area contributed by atoms with Gasteiger partial charge in [0, 0.05) is 11.6 Å². The molecular weight excluding hydrogens is 346 g/mol. The maximum Gasteiger partial charge on any atom is 0.338 e. The molecule has 1 aliphatic rings. The smallest absolute Gasteiger partial charge is 0.338 e. The van der Waals surface area contributed by atoms with Crippen molar-refractivity contribution in [2.45, 2.75) is 19.6 Å². The fourth-order valence-corrected chi connectivity index (χ4v) is 2.38. The highest BCUT2D eigenvalue weighted by Gasteiger charge is 2.19. The summed E-state index contributed by atoms with van der Waals surface area (Å²) in [6, 6.07) is 11.7. The van der Waals surface area contributed by atoms with Crippen molar-refractivity contribution in [1.29, 1.82) is 0 Å². The number of benzene rings is 2. The van der Waals surface area contributed by atoms with Crippen molar-refractivity contribution in [2.24, 2.45) is 0 Å². The van der Waals surface area contributed by atoms with Gasteiger partial charge in [-0.2, -0.15) is 0 Å². The Morgan fingerprint density at radius 1 is 1.16 bits per heavy atom. The Morgan fingerprint density at radius 3 is 2.64 bits per heavy atom. The van der Waals surface area contributed by atoms with Gasteiger partial charge in [-0.05, 0) is 48.9 Å². The lowest BCUT2D eigenvalue weighted by atomic mass is 10.2. The number of carbonyl (C=O) groups excluding carboxylic acids is 2. The van der Waals surface area contributed by atoms with Gasteiger partial charge in [0.05, 0.1) is 5.56 Å². The standard InChI is InChI=1S/C18H16ClNO5/c1-11(25-18(22)13-3-5-14(19)6-4-13)17(21)20-9-12-2-7-15-16(8-12)24-10-23-15/h2-8,11H,9-10H2,1H3,(H,20,21)/t11-/m0/s1. The third-order valence-electron chi connectivity index (χ3n) is 3.64. The minimum absolute atomic E-state index is 0.197. The summed E-state index contributed by atoms with van der Waals surface area (Å²) in [6.45, 7) is 2.00. The van der Waals surface area contributed by atoms with E-state index in [0.717, 1.165) is 5.56 Å². The van der Waals surface area contributed by atoms with E-state index in [1.54, 1.807) is 36.4 Å². The van der Waals surface area contributed by atoms with Crippen LogP contribution in [0.2, 0.25) is 5.02 Å². The molecule has 130 valence electrons. The molecule has 25 heavy (non-hydrogen) atoms. The van der Waals surface area contributed by atoms with Crippen molar-refractivity contribution in [3.63, 3.8) is 0 Å². The molecule has 0 radical (unpaired) electrons. The van der Waals surface area contributed by atoms with Crippen molar-refractivity contribution in [3.05, 3.63) is 58.6 Å². The SMILES string of the molecule is C[C@H](OC(=O)c1ccc(Cl)cc1)C(=O)NCc1ccc2c(c1)OCO2. The molecule has 0 saturated heterocycles. The van der Waals surface area contributed by atoms with Crippen molar-refractivity contribution >= 4 is 23.5 Å². The lowest BCUT2D eigenvalue weighted by molar-refractivity contribution is -0.129. The number of halogens is 1. The molecule has 0 unspecified atom stereocenters. The van der Waals surface area contributed by atoms with Crippen LogP contribution in [0.15, 0.2) is 42.5 Å². The summed E-state index contributed by atoms with van der Waals surface area (Å²) < 4.78 is 15.7. The van der Waals surface area contributed by atoms with Crippen molar-refractivity contribution < 1.29 is 23.8 Å². The maximum absolute atomic E-state index is 12.1. The predicted octanol–water partition coefficient (Wildman–Crippen LogP) is 2.93. The second-order valence-corrected chi connectivity index (χ2v) is 5.90. The molecule has 6 nitrogen and oxygen atoms in total. The van der Waals surface area contributed by atoms with Gasteiger partial charge in [-0.1, -0.05) is 17.7 Å².